The fourth-order valence-corrected chi connectivity index (χ4v) is 4.22. The Kier molecular flexibility index (Phi) is 4.47. The highest BCUT2D eigenvalue weighted by molar-refractivity contribution is 5.81. The van der Waals surface area contributed by atoms with Gasteiger partial charge in [0.2, 0.25) is 5.91 Å². The Hall–Kier alpha value is -2.66. The van der Waals surface area contributed by atoms with E-state index in [1.807, 2.05) is 36.4 Å². The summed E-state index contributed by atoms with van der Waals surface area (Å²) in [7, 11) is 0. The largest absolute Gasteiger partial charge is 0.368 e. The molecule has 1 atom stereocenters. The number of hydrogen-bond donors (Lipinski definition) is 1. The molecular weight excluding hydrogens is 324 g/mol. The molecule has 2 N–H and O–H groups in total. The Balaban J connectivity index is 1.55. The van der Waals surface area contributed by atoms with Crippen LogP contribution in [0.3, 0.4) is 0 Å². The first-order valence-corrected chi connectivity index (χ1v) is 9.17. The minimum Gasteiger partial charge on any atom is -0.368 e. The summed E-state index contributed by atoms with van der Waals surface area (Å²) >= 11 is 0. The maximum atomic E-state index is 12.1. The fraction of sp³-hybridized carbons (Fsp3) is 0.333. The highest BCUT2D eigenvalue weighted by atomic mass is 16.1. The molecule has 2 heterocycles. The van der Waals surface area contributed by atoms with E-state index in [0.29, 0.717) is 6.04 Å². The molecule has 0 spiro atoms. The van der Waals surface area contributed by atoms with E-state index in [2.05, 4.69) is 34.6 Å². The quantitative estimate of drug-likeness (QED) is 0.787. The Bertz CT molecular complexity index is 910. The second-order valence-electron chi connectivity index (χ2n) is 7.00. The number of fused-ring (bicyclic) bond motifs is 1. The third-order valence-corrected chi connectivity index (χ3v) is 5.39. The van der Waals surface area contributed by atoms with Gasteiger partial charge in [-0.05, 0) is 37.5 Å². The molecule has 1 fully saturated rings. The lowest BCUT2D eigenvalue weighted by atomic mass is 9.98. The fourth-order valence-electron chi connectivity index (χ4n) is 4.22. The second kappa shape index (κ2) is 6.92. The number of rotatable bonds is 4. The van der Waals surface area contributed by atoms with Crippen molar-refractivity contribution < 1.29 is 4.79 Å². The summed E-state index contributed by atoms with van der Waals surface area (Å²) in [5.74, 6) is 0.776. The number of primary amides is 1. The lowest BCUT2D eigenvalue weighted by Crippen LogP contribution is -2.43. The zero-order valence-corrected chi connectivity index (χ0v) is 15.0. The zero-order chi connectivity index (χ0) is 18.1. The maximum absolute atomic E-state index is 12.1. The average Bonchev–Trinajstić information content (AvgIpc) is 2.99. The van der Waals surface area contributed by atoms with Gasteiger partial charge in [-0.3, -0.25) is 9.69 Å². The van der Waals surface area contributed by atoms with Crippen molar-refractivity contribution >= 4 is 16.9 Å². The second-order valence-corrected chi connectivity index (χ2v) is 7.00. The molecule has 1 aromatic heterocycles. The summed E-state index contributed by atoms with van der Waals surface area (Å²) in [6.45, 7) is 3.76. The smallest absolute Gasteiger partial charge is 0.239 e. The number of nitrogens with zero attached hydrogens (tertiary/aromatic N) is 3. The number of aromatic nitrogens is 2. The number of nitrogens with two attached hydrogens (primary N) is 1. The monoisotopic (exact) mass is 348 g/mol. The third-order valence-electron chi connectivity index (χ3n) is 5.39. The van der Waals surface area contributed by atoms with Crippen molar-refractivity contribution in [3.05, 3.63) is 66.0 Å². The van der Waals surface area contributed by atoms with Crippen LogP contribution in [0.2, 0.25) is 0 Å². The molecule has 4 rings (SSSR count). The van der Waals surface area contributed by atoms with Crippen molar-refractivity contribution in [3.63, 3.8) is 0 Å². The number of carbonyl (C=O) groups excluding carboxylic acids is 1. The molecule has 5 heteroatoms. The summed E-state index contributed by atoms with van der Waals surface area (Å²) < 4.78 is 2.36. The summed E-state index contributed by atoms with van der Waals surface area (Å²) in [6, 6.07) is 18.2. The van der Waals surface area contributed by atoms with E-state index in [1.165, 1.54) is 5.52 Å². The molecule has 0 bridgehead atoms. The van der Waals surface area contributed by atoms with Crippen molar-refractivity contribution in [1.82, 2.24) is 14.5 Å². The van der Waals surface area contributed by atoms with Crippen LogP contribution < -0.4 is 5.73 Å². The van der Waals surface area contributed by atoms with Gasteiger partial charge in [-0.15, -0.1) is 0 Å². The number of carbonyl (C=O) groups is 1. The molecule has 0 aliphatic carbocycles. The van der Waals surface area contributed by atoms with Gasteiger partial charge in [0.1, 0.15) is 11.9 Å². The van der Waals surface area contributed by atoms with Crippen LogP contribution in [0.4, 0.5) is 0 Å². The van der Waals surface area contributed by atoms with Crippen molar-refractivity contribution in [1.29, 1.82) is 0 Å². The molecule has 1 aliphatic rings. The van der Waals surface area contributed by atoms with Gasteiger partial charge in [0, 0.05) is 19.1 Å². The number of imidazole rings is 1. The van der Waals surface area contributed by atoms with Crippen LogP contribution in [0.5, 0.6) is 0 Å². The predicted molar refractivity (Wildman–Crippen MR) is 103 cm³/mol. The lowest BCUT2D eigenvalue weighted by Gasteiger charge is -2.37. The van der Waals surface area contributed by atoms with Crippen LogP contribution in [0.15, 0.2) is 54.6 Å². The molecule has 0 unspecified atom stereocenters. The standard InChI is InChI=1S/C21H24N4O/c1-15-23-18-9-5-6-10-19(18)25(15)17-11-13-24(14-12-17)20(21(22)26)16-7-3-2-4-8-16/h2-10,17,20H,11-14H2,1H3,(H2,22,26)/t20-/m0/s1. The van der Waals surface area contributed by atoms with Crippen LogP contribution >= 0.6 is 0 Å². The van der Waals surface area contributed by atoms with Crippen molar-refractivity contribution in [2.45, 2.75) is 31.8 Å². The van der Waals surface area contributed by atoms with E-state index < -0.39 is 0 Å². The number of piperidine rings is 1. The minimum absolute atomic E-state index is 0.279. The van der Waals surface area contributed by atoms with E-state index in [4.69, 9.17) is 10.7 Å². The first kappa shape index (κ1) is 16.8. The number of likely N-dealkylation sites (tertiary alicyclic amines) is 1. The van der Waals surface area contributed by atoms with Crippen LogP contribution in [0, 0.1) is 6.92 Å². The van der Waals surface area contributed by atoms with Gasteiger partial charge in [0.05, 0.1) is 11.0 Å². The van der Waals surface area contributed by atoms with E-state index in [9.17, 15) is 4.79 Å². The van der Waals surface area contributed by atoms with Gasteiger partial charge in [0.25, 0.3) is 0 Å². The maximum Gasteiger partial charge on any atom is 0.239 e. The number of hydrogen-bond acceptors (Lipinski definition) is 3. The molecule has 0 saturated carbocycles. The number of para-hydroxylation sites is 2. The number of benzene rings is 2. The molecule has 1 amide bonds. The van der Waals surface area contributed by atoms with E-state index in [-0.39, 0.29) is 11.9 Å². The van der Waals surface area contributed by atoms with Crippen LogP contribution in [-0.4, -0.2) is 33.4 Å². The Morgan fingerprint density at radius 2 is 1.73 bits per heavy atom. The summed E-state index contributed by atoms with van der Waals surface area (Å²) in [5, 5.41) is 0. The SMILES string of the molecule is Cc1nc2ccccc2n1C1CCN([C@H](C(N)=O)c2ccccc2)CC1. The van der Waals surface area contributed by atoms with Crippen molar-refractivity contribution in [2.24, 2.45) is 5.73 Å². The highest BCUT2D eigenvalue weighted by Gasteiger charge is 2.31. The molecule has 1 aliphatic heterocycles. The molecular formula is C21H24N4O. The molecule has 26 heavy (non-hydrogen) atoms. The topological polar surface area (TPSA) is 64.2 Å². The van der Waals surface area contributed by atoms with Gasteiger partial charge in [-0.25, -0.2) is 4.98 Å². The molecule has 3 aromatic rings. The van der Waals surface area contributed by atoms with Gasteiger partial charge in [0.15, 0.2) is 0 Å². The summed E-state index contributed by atoms with van der Waals surface area (Å²) in [4.78, 5) is 19.0. The van der Waals surface area contributed by atoms with Crippen LogP contribution in [0.1, 0.15) is 36.3 Å². The van der Waals surface area contributed by atoms with Gasteiger partial charge >= 0.3 is 0 Å². The Labute approximate surface area is 153 Å². The normalized spacial score (nSPS) is 17.4. The van der Waals surface area contributed by atoms with Gasteiger partial charge in [-0.2, -0.15) is 0 Å². The van der Waals surface area contributed by atoms with Crippen LogP contribution in [-0.2, 0) is 4.79 Å². The first-order valence-electron chi connectivity index (χ1n) is 9.17. The third kappa shape index (κ3) is 2.99. The molecule has 1 saturated heterocycles. The van der Waals surface area contributed by atoms with Gasteiger partial charge in [-0.1, -0.05) is 42.5 Å². The summed E-state index contributed by atoms with van der Waals surface area (Å²) in [5.41, 5.74) is 8.95. The Morgan fingerprint density at radius 3 is 2.42 bits per heavy atom. The summed E-state index contributed by atoms with van der Waals surface area (Å²) in [6.07, 6.45) is 1.97. The Morgan fingerprint density at radius 1 is 1.08 bits per heavy atom. The van der Waals surface area contributed by atoms with Crippen molar-refractivity contribution in [3.8, 4) is 0 Å². The number of aryl methyl sites for hydroxylation is 1. The van der Waals surface area contributed by atoms with Crippen molar-refractivity contribution in [2.75, 3.05) is 13.1 Å². The number of amides is 1. The van der Waals surface area contributed by atoms with Gasteiger partial charge < -0.3 is 10.3 Å². The van der Waals surface area contributed by atoms with E-state index in [1.54, 1.807) is 0 Å². The molecule has 134 valence electrons. The minimum atomic E-state index is -0.349. The van der Waals surface area contributed by atoms with E-state index >= 15 is 0 Å². The lowest BCUT2D eigenvalue weighted by molar-refractivity contribution is -0.124. The zero-order valence-electron chi connectivity index (χ0n) is 15.0. The highest BCUT2D eigenvalue weighted by Crippen LogP contribution is 2.32. The molecule has 2 aromatic carbocycles. The first-order chi connectivity index (χ1) is 12.6. The van der Waals surface area contributed by atoms with E-state index in [0.717, 1.165) is 42.8 Å². The van der Waals surface area contributed by atoms with Crippen LogP contribution in [0.25, 0.3) is 11.0 Å². The molecule has 5 nitrogen and oxygen atoms in total. The predicted octanol–water partition coefficient (Wildman–Crippen LogP) is 3.21. The molecule has 0 radical (unpaired) electrons. The average molecular weight is 348 g/mol.